The van der Waals surface area contributed by atoms with Crippen LogP contribution in [0.4, 0.5) is 5.69 Å². The summed E-state index contributed by atoms with van der Waals surface area (Å²) in [5.41, 5.74) is 7.44. The number of hydrogen-bond acceptors (Lipinski definition) is 3. The molecule has 0 saturated carbocycles. The Morgan fingerprint density at radius 1 is 1.39 bits per heavy atom. The Kier molecular flexibility index (Phi) is 3.87. The second-order valence-corrected chi connectivity index (χ2v) is 4.34. The molecular formula is C14H18N2O2. The zero-order chi connectivity index (χ0) is 13.0. The molecule has 0 aliphatic heterocycles. The van der Waals surface area contributed by atoms with E-state index in [-0.39, 0.29) is 12.5 Å². The number of hydrogen-bond donors (Lipinski definition) is 1. The standard InChI is InChI=1S/C14H18N2O2/c1-2-3-8-18-14(17)10-16-7-6-11-9-12(15)4-5-13(11)16/h4-7,9H,2-3,8,10,15H2,1H3. The van der Waals surface area contributed by atoms with Crippen molar-refractivity contribution in [2.24, 2.45) is 0 Å². The molecule has 2 N–H and O–H groups in total. The molecule has 0 radical (unpaired) electrons. The van der Waals surface area contributed by atoms with Gasteiger partial charge in [0.15, 0.2) is 0 Å². The molecule has 2 aromatic rings. The van der Waals surface area contributed by atoms with Crippen LogP contribution in [-0.4, -0.2) is 17.1 Å². The van der Waals surface area contributed by atoms with E-state index in [0.29, 0.717) is 6.61 Å². The Labute approximate surface area is 106 Å². The number of fused-ring (bicyclic) bond motifs is 1. The Morgan fingerprint density at radius 3 is 3.00 bits per heavy atom. The van der Waals surface area contributed by atoms with Crippen LogP contribution >= 0.6 is 0 Å². The third-order valence-corrected chi connectivity index (χ3v) is 2.86. The van der Waals surface area contributed by atoms with E-state index >= 15 is 0 Å². The molecule has 0 spiro atoms. The first-order valence-electron chi connectivity index (χ1n) is 6.20. The van der Waals surface area contributed by atoms with Crippen molar-refractivity contribution < 1.29 is 9.53 Å². The maximum atomic E-state index is 11.6. The number of carbonyl (C=O) groups excluding carboxylic acids is 1. The maximum Gasteiger partial charge on any atom is 0.325 e. The van der Waals surface area contributed by atoms with Crippen molar-refractivity contribution in [3.8, 4) is 0 Å². The van der Waals surface area contributed by atoms with Crippen LogP contribution in [0.3, 0.4) is 0 Å². The lowest BCUT2D eigenvalue weighted by molar-refractivity contribution is -0.144. The van der Waals surface area contributed by atoms with E-state index in [4.69, 9.17) is 10.5 Å². The highest BCUT2D eigenvalue weighted by atomic mass is 16.5. The number of anilines is 1. The molecule has 2 rings (SSSR count). The first kappa shape index (κ1) is 12.5. The number of carbonyl (C=O) groups is 1. The van der Waals surface area contributed by atoms with Crippen molar-refractivity contribution in [3.05, 3.63) is 30.5 Å². The van der Waals surface area contributed by atoms with Gasteiger partial charge < -0.3 is 15.0 Å². The summed E-state index contributed by atoms with van der Waals surface area (Å²) in [4.78, 5) is 11.6. The zero-order valence-corrected chi connectivity index (χ0v) is 10.6. The van der Waals surface area contributed by atoms with E-state index in [1.807, 2.05) is 35.0 Å². The van der Waals surface area contributed by atoms with Gasteiger partial charge in [-0.3, -0.25) is 4.79 Å². The predicted octanol–water partition coefficient (Wildman–Crippen LogP) is 2.57. The fourth-order valence-corrected chi connectivity index (χ4v) is 1.87. The Balaban J connectivity index is 2.05. The van der Waals surface area contributed by atoms with Crippen LogP contribution in [0, 0.1) is 0 Å². The van der Waals surface area contributed by atoms with Gasteiger partial charge in [0, 0.05) is 22.8 Å². The number of benzene rings is 1. The summed E-state index contributed by atoms with van der Waals surface area (Å²) >= 11 is 0. The second kappa shape index (κ2) is 5.58. The van der Waals surface area contributed by atoms with E-state index in [2.05, 4.69) is 6.92 Å². The van der Waals surface area contributed by atoms with E-state index in [9.17, 15) is 4.79 Å². The molecular weight excluding hydrogens is 228 g/mol. The van der Waals surface area contributed by atoms with Crippen molar-refractivity contribution in [3.63, 3.8) is 0 Å². The molecule has 0 fully saturated rings. The van der Waals surface area contributed by atoms with Gasteiger partial charge in [0.25, 0.3) is 0 Å². The van der Waals surface area contributed by atoms with Crippen LogP contribution in [0.2, 0.25) is 0 Å². The lowest BCUT2D eigenvalue weighted by atomic mass is 10.2. The molecule has 0 amide bonds. The number of rotatable bonds is 5. The van der Waals surface area contributed by atoms with Crippen LogP contribution in [-0.2, 0) is 16.1 Å². The first-order chi connectivity index (χ1) is 8.70. The van der Waals surface area contributed by atoms with Gasteiger partial charge in [-0.15, -0.1) is 0 Å². The maximum absolute atomic E-state index is 11.6. The molecule has 1 heterocycles. The third-order valence-electron chi connectivity index (χ3n) is 2.86. The summed E-state index contributed by atoms with van der Waals surface area (Å²) < 4.78 is 7.02. The van der Waals surface area contributed by atoms with Gasteiger partial charge in [0.1, 0.15) is 6.54 Å². The van der Waals surface area contributed by atoms with Gasteiger partial charge in [-0.05, 0) is 30.7 Å². The van der Waals surface area contributed by atoms with Crippen molar-refractivity contribution in [2.45, 2.75) is 26.3 Å². The fourth-order valence-electron chi connectivity index (χ4n) is 1.87. The SMILES string of the molecule is CCCCOC(=O)Cn1ccc2cc(N)ccc21. The minimum Gasteiger partial charge on any atom is -0.464 e. The summed E-state index contributed by atoms with van der Waals surface area (Å²) in [5.74, 6) is -0.197. The van der Waals surface area contributed by atoms with Crippen molar-refractivity contribution in [1.29, 1.82) is 0 Å². The Hall–Kier alpha value is -1.97. The molecule has 0 aliphatic rings. The number of ether oxygens (including phenoxy) is 1. The third kappa shape index (κ3) is 2.83. The largest absolute Gasteiger partial charge is 0.464 e. The van der Waals surface area contributed by atoms with Crippen LogP contribution in [0.1, 0.15) is 19.8 Å². The molecule has 18 heavy (non-hydrogen) atoms. The molecule has 96 valence electrons. The highest BCUT2D eigenvalue weighted by Gasteiger charge is 2.07. The monoisotopic (exact) mass is 246 g/mol. The van der Waals surface area contributed by atoms with Crippen molar-refractivity contribution >= 4 is 22.6 Å². The lowest BCUT2D eigenvalue weighted by Gasteiger charge is -2.06. The van der Waals surface area contributed by atoms with Gasteiger partial charge in [0.2, 0.25) is 0 Å². The molecule has 4 nitrogen and oxygen atoms in total. The summed E-state index contributed by atoms with van der Waals surface area (Å²) in [7, 11) is 0. The van der Waals surface area contributed by atoms with E-state index in [0.717, 1.165) is 29.4 Å². The Bertz CT molecular complexity index is 546. The minimum atomic E-state index is -0.197. The summed E-state index contributed by atoms with van der Waals surface area (Å²) in [6.45, 7) is 2.82. The molecule has 0 bridgehead atoms. The topological polar surface area (TPSA) is 57.2 Å². The minimum absolute atomic E-state index is 0.197. The normalized spacial score (nSPS) is 10.7. The van der Waals surface area contributed by atoms with Gasteiger partial charge in [-0.2, -0.15) is 0 Å². The molecule has 1 aromatic heterocycles. The highest BCUT2D eigenvalue weighted by Crippen LogP contribution is 2.18. The molecule has 0 aliphatic carbocycles. The van der Waals surface area contributed by atoms with Crippen LogP contribution < -0.4 is 5.73 Å². The van der Waals surface area contributed by atoms with Crippen LogP contribution in [0.25, 0.3) is 10.9 Å². The van der Waals surface area contributed by atoms with Crippen LogP contribution in [0.5, 0.6) is 0 Å². The predicted molar refractivity (Wildman–Crippen MR) is 72.2 cm³/mol. The highest BCUT2D eigenvalue weighted by molar-refractivity contribution is 5.84. The summed E-state index contributed by atoms with van der Waals surface area (Å²) in [6.07, 6.45) is 3.82. The quantitative estimate of drug-likeness (QED) is 0.501. The van der Waals surface area contributed by atoms with E-state index in [1.165, 1.54) is 0 Å². The average Bonchev–Trinajstić information content (AvgIpc) is 2.72. The number of aromatic nitrogens is 1. The lowest BCUT2D eigenvalue weighted by Crippen LogP contribution is -2.13. The summed E-state index contributed by atoms with van der Waals surface area (Å²) in [6, 6.07) is 7.60. The van der Waals surface area contributed by atoms with Gasteiger partial charge >= 0.3 is 5.97 Å². The van der Waals surface area contributed by atoms with Crippen molar-refractivity contribution in [2.75, 3.05) is 12.3 Å². The summed E-state index contributed by atoms with van der Waals surface area (Å²) in [5, 5.41) is 1.04. The van der Waals surface area contributed by atoms with Gasteiger partial charge in [0.05, 0.1) is 6.61 Å². The Morgan fingerprint density at radius 2 is 2.22 bits per heavy atom. The first-order valence-corrected chi connectivity index (χ1v) is 6.20. The smallest absolute Gasteiger partial charge is 0.325 e. The van der Waals surface area contributed by atoms with Crippen LogP contribution in [0.15, 0.2) is 30.5 Å². The van der Waals surface area contributed by atoms with Gasteiger partial charge in [-0.25, -0.2) is 0 Å². The molecule has 0 saturated heterocycles. The number of nitrogens with two attached hydrogens (primary N) is 1. The number of unbranched alkanes of at least 4 members (excludes halogenated alkanes) is 1. The number of nitrogen functional groups attached to an aromatic ring is 1. The number of nitrogens with zero attached hydrogens (tertiary/aromatic N) is 1. The number of esters is 1. The molecule has 0 atom stereocenters. The van der Waals surface area contributed by atoms with Gasteiger partial charge in [-0.1, -0.05) is 13.3 Å². The molecule has 1 aromatic carbocycles. The zero-order valence-electron chi connectivity index (χ0n) is 10.6. The fraction of sp³-hybridized carbons (Fsp3) is 0.357. The average molecular weight is 246 g/mol. The van der Waals surface area contributed by atoms with E-state index in [1.54, 1.807) is 0 Å². The molecule has 0 unspecified atom stereocenters. The molecule has 4 heteroatoms. The van der Waals surface area contributed by atoms with E-state index < -0.39 is 0 Å². The van der Waals surface area contributed by atoms with Crippen molar-refractivity contribution in [1.82, 2.24) is 4.57 Å². The second-order valence-electron chi connectivity index (χ2n) is 4.34.